The molecule has 1 atom stereocenters. The molecule has 0 unspecified atom stereocenters. The molecule has 2 heterocycles. The number of thiophene rings is 1. The molecule has 0 fully saturated rings. The predicted molar refractivity (Wildman–Crippen MR) is 166 cm³/mol. The van der Waals surface area contributed by atoms with Crippen LogP contribution in [0.2, 0.25) is 0 Å². The highest BCUT2D eigenvalue weighted by Gasteiger charge is 2.33. The molecule has 0 spiro atoms. The molecule has 0 bridgehead atoms. The fourth-order valence-corrected chi connectivity index (χ4v) is 7.99. The molecule has 0 saturated carbocycles. The molecule has 39 heavy (non-hydrogen) atoms. The summed E-state index contributed by atoms with van der Waals surface area (Å²) in [5.74, 6) is 0.530. The van der Waals surface area contributed by atoms with E-state index in [1.165, 1.54) is 31.6 Å². The molecule has 1 aliphatic heterocycles. The maximum atomic E-state index is 13.6. The van der Waals surface area contributed by atoms with E-state index in [-0.39, 0.29) is 11.3 Å². The van der Waals surface area contributed by atoms with Crippen molar-refractivity contribution < 1.29 is 4.79 Å². The molecule has 198 valence electrons. The number of para-hydroxylation sites is 2. The first-order valence-corrected chi connectivity index (χ1v) is 15.1. The zero-order chi connectivity index (χ0) is 27.1. The number of carbonyl (C=O) groups excluding carboxylic acids is 1. The monoisotopic (exact) mass is 551 g/mol. The van der Waals surface area contributed by atoms with E-state index in [4.69, 9.17) is 4.99 Å². The third-order valence-corrected chi connectivity index (χ3v) is 10.1. The van der Waals surface area contributed by atoms with E-state index in [1.54, 1.807) is 23.1 Å². The van der Waals surface area contributed by atoms with Crippen LogP contribution in [0.25, 0.3) is 0 Å². The van der Waals surface area contributed by atoms with Crippen molar-refractivity contribution in [2.24, 2.45) is 16.3 Å². The van der Waals surface area contributed by atoms with Gasteiger partial charge in [0.15, 0.2) is 0 Å². The Morgan fingerprint density at radius 1 is 1.00 bits per heavy atom. The van der Waals surface area contributed by atoms with Crippen LogP contribution in [0.3, 0.4) is 0 Å². The van der Waals surface area contributed by atoms with Gasteiger partial charge in [-0.3, -0.25) is 4.79 Å². The Bertz CT molecular complexity index is 1570. The fraction of sp³-hybridized carbons (Fsp3) is 0.273. The number of rotatable bonds is 4. The number of amides is 1. The Kier molecular flexibility index (Phi) is 6.86. The summed E-state index contributed by atoms with van der Waals surface area (Å²) in [5, 5.41) is 3.92. The summed E-state index contributed by atoms with van der Waals surface area (Å²) in [7, 11) is 2.11. The molecule has 4 nitrogen and oxygen atoms in total. The molecule has 0 saturated heterocycles. The molecule has 1 N–H and O–H groups in total. The van der Waals surface area contributed by atoms with E-state index < -0.39 is 0 Å². The molecule has 3 aromatic carbocycles. The Morgan fingerprint density at radius 3 is 2.54 bits per heavy atom. The van der Waals surface area contributed by atoms with Crippen molar-refractivity contribution in [2.75, 3.05) is 17.3 Å². The Hall–Kier alpha value is -3.35. The van der Waals surface area contributed by atoms with E-state index in [0.29, 0.717) is 5.92 Å². The molecular weight excluding hydrogens is 519 g/mol. The summed E-state index contributed by atoms with van der Waals surface area (Å²) in [5.41, 5.74) is 6.41. The van der Waals surface area contributed by atoms with Gasteiger partial charge in [-0.05, 0) is 78.1 Å². The maximum Gasteiger partial charge on any atom is 0.259 e. The standard InChI is InChI=1S/C33H33N3OS2/c1-33(2,3)22-15-16-24-28(19-22)39-32(30(24)31(37)35-23-10-6-5-7-11-23)34-20-21-14-17-26-29(18-21)38-27-13-9-8-12-25(27)36(26)4/h5-14,17-18,20,22H,15-16,19H2,1-4H3,(H,35,37)/t22-/m1/s1. The summed E-state index contributed by atoms with van der Waals surface area (Å²) >= 11 is 3.48. The van der Waals surface area contributed by atoms with Gasteiger partial charge in [-0.15, -0.1) is 11.3 Å². The topological polar surface area (TPSA) is 44.7 Å². The number of benzene rings is 3. The lowest BCUT2D eigenvalue weighted by molar-refractivity contribution is 0.102. The number of nitrogens with zero attached hydrogens (tertiary/aromatic N) is 2. The predicted octanol–water partition coefficient (Wildman–Crippen LogP) is 9.13. The second-order valence-electron chi connectivity index (χ2n) is 11.4. The van der Waals surface area contributed by atoms with Crippen LogP contribution in [0.1, 0.15) is 53.6 Å². The van der Waals surface area contributed by atoms with Crippen LogP contribution in [0.15, 0.2) is 87.6 Å². The van der Waals surface area contributed by atoms with Gasteiger partial charge in [0.25, 0.3) is 5.91 Å². The number of hydrogen-bond donors (Lipinski definition) is 1. The smallest absolute Gasteiger partial charge is 0.259 e. The average molecular weight is 552 g/mol. The van der Waals surface area contributed by atoms with Crippen LogP contribution in [-0.4, -0.2) is 19.2 Å². The van der Waals surface area contributed by atoms with E-state index in [2.05, 4.69) is 80.5 Å². The van der Waals surface area contributed by atoms with Crippen LogP contribution in [0.4, 0.5) is 22.1 Å². The molecule has 1 aromatic heterocycles. The minimum atomic E-state index is -0.0701. The Labute approximate surface area is 239 Å². The lowest BCUT2D eigenvalue weighted by atomic mass is 9.72. The molecular formula is C33H33N3OS2. The third-order valence-electron chi connectivity index (χ3n) is 7.85. The van der Waals surface area contributed by atoms with Gasteiger partial charge in [0.1, 0.15) is 5.00 Å². The Balaban J connectivity index is 1.33. The van der Waals surface area contributed by atoms with E-state index in [1.807, 2.05) is 36.5 Å². The fourth-order valence-electron chi connectivity index (χ4n) is 5.52. The highest BCUT2D eigenvalue weighted by atomic mass is 32.2. The van der Waals surface area contributed by atoms with Crippen molar-refractivity contribution in [3.63, 3.8) is 0 Å². The summed E-state index contributed by atoms with van der Waals surface area (Å²) < 4.78 is 0. The first-order valence-electron chi connectivity index (χ1n) is 13.5. The molecule has 2 aliphatic rings. The van der Waals surface area contributed by atoms with Gasteiger partial charge in [-0.1, -0.05) is 68.9 Å². The SMILES string of the molecule is CN1c2ccccc2Sc2cc(C=Nc3sc4c(c3C(=O)Nc3ccccc3)CC[C@@H](C(C)(C)C)C4)ccc21. The number of nitrogens with one attached hydrogen (secondary N) is 1. The zero-order valence-electron chi connectivity index (χ0n) is 22.8. The quantitative estimate of drug-likeness (QED) is 0.257. The highest BCUT2D eigenvalue weighted by molar-refractivity contribution is 7.99. The highest BCUT2D eigenvalue weighted by Crippen LogP contribution is 2.48. The molecule has 6 heteroatoms. The number of anilines is 3. The number of fused-ring (bicyclic) bond motifs is 3. The first kappa shape index (κ1) is 25.9. The van der Waals surface area contributed by atoms with Gasteiger partial charge in [0, 0.05) is 33.6 Å². The van der Waals surface area contributed by atoms with Crippen LogP contribution in [0.5, 0.6) is 0 Å². The summed E-state index contributed by atoms with van der Waals surface area (Å²) in [6.07, 6.45) is 4.94. The van der Waals surface area contributed by atoms with Crippen molar-refractivity contribution in [3.05, 3.63) is 94.4 Å². The van der Waals surface area contributed by atoms with Crippen LogP contribution < -0.4 is 10.2 Å². The Morgan fingerprint density at radius 2 is 1.74 bits per heavy atom. The molecule has 0 radical (unpaired) electrons. The molecule has 1 aliphatic carbocycles. The van der Waals surface area contributed by atoms with Gasteiger partial charge in [0.2, 0.25) is 0 Å². The number of carbonyl (C=O) groups is 1. The van der Waals surface area contributed by atoms with Gasteiger partial charge >= 0.3 is 0 Å². The second kappa shape index (κ2) is 10.3. The van der Waals surface area contributed by atoms with Crippen molar-refractivity contribution in [1.82, 2.24) is 0 Å². The minimum Gasteiger partial charge on any atom is -0.343 e. The van der Waals surface area contributed by atoms with E-state index >= 15 is 0 Å². The lowest BCUT2D eigenvalue weighted by Crippen LogP contribution is -2.27. The van der Waals surface area contributed by atoms with E-state index in [0.717, 1.165) is 41.1 Å². The molecule has 4 aromatic rings. The van der Waals surface area contributed by atoms with Gasteiger partial charge in [-0.2, -0.15) is 0 Å². The number of hydrogen-bond acceptors (Lipinski definition) is 5. The van der Waals surface area contributed by atoms with Crippen molar-refractivity contribution in [1.29, 1.82) is 0 Å². The summed E-state index contributed by atoms with van der Waals surface area (Å²) in [6, 6.07) is 24.6. The van der Waals surface area contributed by atoms with Crippen LogP contribution in [0, 0.1) is 11.3 Å². The molecule has 6 rings (SSSR count). The van der Waals surface area contributed by atoms with Crippen molar-refractivity contribution >= 4 is 57.3 Å². The normalized spacial score (nSPS) is 16.5. The maximum absolute atomic E-state index is 13.6. The lowest BCUT2D eigenvalue weighted by Gasteiger charge is -2.33. The average Bonchev–Trinajstić information content (AvgIpc) is 3.30. The van der Waals surface area contributed by atoms with Gasteiger partial charge in [0.05, 0.1) is 16.9 Å². The minimum absolute atomic E-state index is 0.0701. The van der Waals surface area contributed by atoms with E-state index in [9.17, 15) is 4.79 Å². The third kappa shape index (κ3) is 5.15. The largest absolute Gasteiger partial charge is 0.343 e. The van der Waals surface area contributed by atoms with Gasteiger partial charge in [-0.25, -0.2) is 4.99 Å². The van der Waals surface area contributed by atoms with Crippen molar-refractivity contribution in [2.45, 2.75) is 49.8 Å². The number of aliphatic imine (C=N–C) groups is 1. The zero-order valence-corrected chi connectivity index (χ0v) is 24.5. The molecule has 1 amide bonds. The van der Waals surface area contributed by atoms with Crippen LogP contribution in [-0.2, 0) is 12.8 Å². The van der Waals surface area contributed by atoms with Crippen molar-refractivity contribution in [3.8, 4) is 0 Å². The summed E-state index contributed by atoms with van der Waals surface area (Å²) in [4.78, 5) is 24.6. The summed E-state index contributed by atoms with van der Waals surface area (Å²) in [6.45, 7) is 6.97. The first-order chi connectivity index (χ1) is 18.8. The second-order valence-corrected chi connectivity index (χ2v) is 13.6. The van der Waals surface area contributed by atoms with Gasteiger partial charge < -0.3 is 10.2 Å². The van der Waals surface area contributed by atoms with Crippen LogP contribution >= 0.6 is 23.1 Å².